The largest absolute Gasteiger partial charge is 0.496 e. The van der Waals surface area contributed by atoms with Gasteiger partial charge >= 0.3 is 18.4 Å². The van der Waals surface area contributed by atoms with Crippen LogP contribution in [0.25, 0.3) is 5.57 Å². The highest BCUT2D eigenvalue weighted by Gasteiger charge is 2.50. The average Bonchev–Trinajstić information content (AvgIpc) is 3.21. The zero-order chi connectivity index (χ0) is 31.2. The van der Waals surface area contributed by atoms with Crippen LogP contribution in [0.4, 0.5) is 35.5 Å². The molecule has 0 unspecified atom stereocenters. The molecule has 1 aliphatic carbocycles. The van der Waals surface area contributed by atoms with Crippen LogP contribution in [0.3, 0.4) is 0 Å². The monoisotopic (exact) mass is 601 g/mol. The Labute approximate surface area is 240 Å². The zero-order valence-corrected chi connectivity index (χ0v) is 24.1. The Hall–Kier alpha value is -3.24. The van der Waals surface area contributed by atoms with E-state index in [1.54, 1.807) is 6.07 Å². The van der Waals surface area contributed by atoms with Crippen molar-refractivity contribution >= 4 is 11.7 Å². The Morgan fingerprint density at radius 3 is 2.17 bits per heavy atom. The summed E-state index contributed by atoms with van der Waals surface area (Å²) in [4.78, 5) is 13.8. The lowest BCUT2D eigenvalue weighted by Gasteiger charge is -2.38. The van der Waals surface area contributed by atoms with Gasteiger partial charge in [0, 0.05) is 18.2 Å². The van der Waals surface area contributed by atoms with Gasteiger partial charge in [0.25, 0.3) is 0 Å². The fourth-order valence-electron chi connectivity index (χ4n) is 6.20. The van der Waals surface area contributed by atoms with E-state index in [0.29, 0.717) is 41.9 Å². The molecule has 2 aromatic carbocycles. The van der Waals surface area contributed by atoms with Crippen molar-refractivity contribution < 1.29 is 45.0 Å². The number of amides is 1. The summed E-state index contributed by atoms with van der Waals surface area (Å²) in [5.74, 6) is -0.121. The predicted molar refractivity (Wildman–Crippen MR) is 143 cm³/mol. The van der Waals surface area contributed by atoms with Gasteiger partial charge in [-0.15, -0.1) is 0 Å². The molecule has 42 heavy (non-hydrogen) atoms. The van der Waals surface area contributed by atoms with Crippen molar-refractivity contribution in [3.63, 3.8) is 0 Å². The summed E-state index contributed by atoms with van der Waals surface area (Å²) in [7, 11) is 2.75. The van der Waals surface area contributed by atoms with Crippen LogP contribution in [0.5, 0.6) is 5.75 Å². The van der Waals surface area contributed by atoms with Crippen LogP contribution >= 0.6 is 0 Å². The molecule has 2 aromatic rings. The van der Waals surface area contributed by atoms with Gasteiger partial charge in [0.15, 0.2) is 0 Å². The number of hydrogen-bond acceptors (Lipinski definition) is 3. The van der Waals surface area contributed by atoms with Crippen molar-refractivity contribution in [2.75, 3.05) is 20.8 Å². The fourth-order valence-corrected chi connectivity index (χ4v) is 6.20. The topological polar surface area (TPSA) is 38.8 Å². The molecule has 230 valence electrons. The van der Waals surface area contributed by atoms with Crippen LogP contribution in [0.2, 0.25) is 0 Å². The Balaban J connectivity index is 1.98. The summed E-state index contributed by atoms with van der Waals surface area (Å²) < 4.78 is 109. The van der Waals surface area contributed by atoms with Crippen LogP contribution in [-0.2, 0) is 22.6 Å². The van der Waals surface area contributed by atoms with E-state index >= 15 is 0 Å². The molecule has 0 N–H and O–H groups in total. The maximum atomic E-state index is 14.9. The molecule has 11 heteroatoms. The molecule has 0 saturated carbocycles. The number of methoxy groups -OCH3 is 1. The first-order valence-corrected chi connectivity index (χ1v) is 13.8. The Bertz CT molecular complexity index is 1350. The minimum absolute atomic E-state index is 0.0722. The number of rotatable bonds is 7. The average molecular weight is 602 g/mol. The molecule has 0 aromatic heterocycles. The lowest BCUT2D eigenvalue weighted by atomic mass is 9.73. The van der Waals surface area contributed by atoms with Crippen molar-refractivity contribution in [2.24, 2.45) is 5.92 Å². The quantitative estimate of drug-likeness (QED) is 0.297. The van der Waals surface area contributed by atoms with Crippen molar-refractivity contribution in [1.29, 1.82) is 0 Å². The van der Waals surface area contributed by atoms with Crippen LogP contribution in [0.1, 0.15) is 86.6 Å². The van der Waals surface area contributed by atoms with Crippen molar-refractivity contribution in [2.45, 2.75) is 76.7 Å². The molecule has 1 amide bonds. The third kappa shape index (κ3) is 5.83. The standard InChI is InChI=1S/C31H34F7NO3/c1-6-18-7-8-23(24-9-10-25(32)26(17(2)3)27(24)41-5)19(11-18)15-29(16-42-28(40)39(29)4)20-12-21(30(33,34)35)14-22(13-20)31(36,37)38/h9-10,12-14,17-18H,6-8,11,15-16H2,1-5H3/t18-,29-/m1/s1. The Kier molecular flexibility index (Phi) is 8.64. The molecule has 2 atom stereocenters. The molecule has 0 spiro atoms. The van der Waals surface area contributed by atoms with Crippen LogP contribution in [0.15, 0.2) is 35.9 Å². The Morgan fingerprint density at radius 1 is 1.07 bits per heavy atom. The SMILES string of the molecule is CC[C@@H]1CCC(c2ccc(F)c(C(C)C)c2OC)=C(C[C@]2(c3cc(C(F)(F)F)cc(C(F)(F)F)c3)COC(=O)N2C)C1. The highest BCUT2D eigenvalue weighted by molar-refractivity contribution is 5.77. The number of allylic oxidation sites excluding steroid dienone is 1. The van der Waals surface area contributed by atoms with Gasteiger partial charge in [-0.25, -0.2) is 9.18 Å². The molecule has 0 bridgehead atoms. The first-order chi connectivity index (χ1) is 19.5. The number of ether oxygens (including phenoxy) is 2. The van der Waals surface area contributed by atoms with Crippen molar-refractivity contribution in [3.05, 3.63) is 69.5 Å². The van der Waals surface area contributed by atoms with Gasteiger partial charge < -0.3 is 9.47 Å². The predicted octanol–water partition coefficient (Wildman–Crippen LogP) is 9.33. The minimum atomic E-state index is -5.06. The summed E-state index contributed by atoms with van der Waals surface area (Å²) in [6, 6.07) is 4.35. The van der Waals surface area contributed by atoms with E-state index in [1.807, 2.05) is 20.8 Å². The first-order valence-electron chi connectivity index (χ1n) is 13.8. The third-order valence-electron chi connectivity index (χ3n) is 8.57. The van der Waals surface area contributed by atoms with Crippen molar-refractivity contribution in [1.82, 2.24) is 4.90 Å². The van der Waals surface area contributed by atoms with Crippen molar-refractivity contribution in [3.8, 4) is 5.75 Å². The second-order valence-electron chi connectivity index (χ2n) is 11.4. The summed E-state index contributed by atoms with van der Waals surface area (Å²) in [5.41, 5.74) is -2.37. The first kappa shape index (κ1) is 31.7. The maximum Gasteiger partial charge on any atom is 0.416 e. The van der Waals surface area contributed by atoms with E-state index in [4.69, 9.17) is 9.47 Å². The number of likely N-dealkylation sites (N-methyl/N-ethyl adjacent to an activating group) is 1. The lowest BCUT2D eigenvalue weighted by molar-refractivity contribution is -0.143. The van der Waals surface area contributed by atoms with E-state index in [0.717, 1.165) is 28.9 Å². The number of hydrogen-bond donors (Lipinski definition) is 0. The molecule has 1 aliphatic heterocycles. The van der Waals surface area contributed by atoms with Gasteiger partial charge in [-0.05, 0) is 79.0 Å². The molecular weight excluding hydrogens is 567 g/mol. The van der Waals surface area contributed by atoms with Gasteiger partial charge in [-0.1, -0.05) is 32.8 Å². The summed E-state index contributed by atoms with van der Waals surface area (Å²) >= 11 is 0. The van der Waals surface area contributed by atoms with Gasteiger partial charge in [0.05, 0.1) is 18.2 Å². The van der Waals surface area contributed by atoms with E-state index < -0.39 is 47.5 Å². The number of halogens is 7. The number of carbonyl (C=O) groups excluding carboxylic acids is 1. The van der Waals surface area contributed by atoms with Crippen LogP contribution < -0.4 is 4.74 Å². The second kappa shape index (κ2) is 11.4. The Morgan fingerprint density at radius 2 is 1.69 bits per heavy atom. The fraction of sp³-hybridized carbons (Fsp3) is 0.516. The molecule has 1 saturated heterocycles. The normalized spacial score (nSPS) is 21.8. The molecule has 1 fully saturated rings. The molecular formula is C31H34F7NO3. The second-order valence-corrected chi connectivity index (χ2v) is 11.4. The molecule has 1 heterocycles. The molecule has 4 rings (SSSR count). The van der Waals surface area contributed by atoms with Gasteiger partial charge in [0.1, 0.15) is 23.7 Å². The minimum Gasteiger partial charge on any atom is -0.496 e. The van der Waals surface area contributed by atoms with E-state index in [9.17, 15) is 35.5 Å². The highest BCUT2D eigenvalue weighted by Crippen LogP contribution is 2.50. The summed E-state index contributed by atoms with van der Waals surface area (Å²) in [5, 5.41) is 0. The zero-order valence-electron chi connectivity index (χ0n) is 24.1. The lowest BCUT2D eigenvalue weighted by Crippen LogP contribution is -2.43. The van der Waals surface area contributed by atoms with Crippen LogP contribution in [-0.4, -0.2) is 31.8 Å². The number of benzene rings is 2. The smallest absolute Gasteiger partial charge is 0.416 e. The highest BCUT2D eigenvalue weighted by atomic mass is 19.4. The summed E-state index contributed by atoms with van der Waals surface area (Å²) in [6.07, 6.45) is -8.42. The van der Waals surface area contributed by atoms with Gasteiger partial charge in [-0.3, -0.25) is 4.90 Å². The van der Waals surface area contributed by atoms with Crippen LogP contribution in [0, 0.1) is 11.7 Å². The number of cyclic esters (lactones) is 1. The van der Waals surface area contributed by atoms with E-state index in [1.165, 1.54) is 20.2 Å². The number of nitrogens with zero attached hydrogens (tertiary/aromatic N) is 1. The molecule has 0 radical (unpaired) electrons. The van der Waals surface area contributed by atoms with E-state index in [-0.39, 0.29) is 29.9 Å². The number of alkyl halides is 6. The summed E-state index contributed by atoms with van der Waals surface area (Å²) in [6.45, 7) is 5.22. The third-order valence-corrected chi connectivity index (χ3v) is 8.57. The maximum absolute atomic E-state index is 14.9. The molecule has 2 aliphatic rings. The van der Waals surface area contributed by atoms with E-state index in [2.05, 4.69) is 0 Å². The number of carbonyl (C=O) groups is 1. The molecule has 4 nitrogen and oxygen atoms in total. The van der Waals surface area contributed by atoms with Gasteiger partial charge in [0.2, 0.25) is 0 Å². The van der Waals surface area contributed by atoms with Gasteiger partial charge in [-0.2, -0.15) is 26.3 Å².